The van der Waals surface area contributed by atoms with Gasteiger partial charge in [-0.05, 0) is 24.6 Å². The van der Waals surface area contributed by atoms with Crippen LogP contribution in [0, 0.1) is 17.0 Å². The van der Waals surface area contributed by atoms with Crippen molar-refractivity contribution in [3.63, 3.8) is 0 Å². The summed E-state index contributed by atoms with van der Waals surface area (Å²) in [6.07, 6.45) is 3.13. The second kappa shape index (κ2) is 8.43. The number of aryl methyl sites for hydroxylation is 1. The van der Waals surface area contributed by atoms with E-state index in [4.69, 9.17) is 0 Å². The lowest BCUT2D eigenvalue weighted by molar-refractivity contribution is -0.385. The Morgan fingerprint density at radius 3 is 2.47 bits per heavy atom. The molecule has 32 heavy (non-hydrogen) atoms. The molecule has 0 saturated carbocycles. The Morgan fingerprint density at radius 1 is 1.09 bits per heavy atom. The van der Waals surface area contributed by atoms with Crippen LogP contribution in [0.25, 0.3) is 5.76 Å². The van der Waals surface area contributed by atoms with Crippen molar-refractivity contribution in [1.29, 1.82) is 0 Å². The highest BCUT2D eigenvalue weighted by Crippen LogP contribution is 2.43. The number of benzene rings is 2. The minimum Gasteiger partial charge on any atom is -0.507 e. The SMILES string of the molecule is Cc1ccc(C(O)=C2C(=O)C(=O)N(Cc3cccnc3)C2c2ccccc2[N+](=O)[O-])cc1. The third-order valence-corrected chi connectivity index (χ3v) is 5.37. The molecule has 8 heteroatoms. The van der Waals surface area contributed by atoms with Gasteiger partial charge in [-0.15, -0.1) is 0 Å². The van der Waals surface area contributed by atoms with Crippen LogP contribution in [0.1, 0.15) is 28.3 Å². The third kappa shape index (κ3) is 3.74. The van der Waals surface area contributed by atoms with E-state index in [-0.39, 0.29) is 29.1 Å². The summed E-state index contributed by atoms with van der Waals surface area (Å²) in [5.74, 6) is -2.11. The fourth-order valence-corrected chi connectivity index (χ4v) is 3.81. The number of carbonyl (C=O) groups is 2. The number of rotatable bonds is 5. The highest BCUT2D eigenvalue weighted by atomic mass is 16.6. The molecule has 0 spiro atoms. The van der Waals surface area contributed by atoms with Gasteiger partial charge in [0.2, 0.25) is 0 Å². The van der Waals surface area contributed by atoms with Crippen molar-refractivity contribution in [1.82, 2.24) is 9.88 Å². The quantitative estimate of drug-likeness (QED) is 0.216. The van der Waals surface area contributed by atoms with E-state index < -0.39 is 22.7 Å². The van der Waals surface area contributed by atoms with Crippen molar-refractivity contribution in [2.24, 2.45) is 0 Å². The number of likely N-dealkylation sites (tertiary alicyclic amines) is 1. The summed E-state index contributed by atoms with van der Waals surface area (Å²) in [6.45, 7) is 1.88. The molecule has 1 aliphatic heterocycles. The van der Waals surface area contributed by atoms with E-state index >= 15 is 0 Å². The standard InChI is InChI=1S/C24H19N3O5/c1-15-8-10-17(11-9-15)22(28)20-21(18-6-2-3-7-19(18)27(31)32)26(24(30)23(20)29)14-16-5-4-12-25-13-16/h2-13,21,28H,14H2,1H3. The summed E-state index contributed by atoms with van der Waals surface area (Å²) >= 11 is 0. The smallest absolute Gasteiger partial charge is 0.295 e. The molecule has 0 bridgehead atoms. The first-order valence-electron chi connectivity index (χ1n) is 9.86. The van der Waals surface area contributed by atoms with Gasteiger partial charge >= 0.3 is 0 Å². The molecule has 4 rings (SSSR count). The van der Waals surface area contributed by atoms with Crippen molar-refractivity contribution in [3.8, 4) is 0 Å². The lowest BCUT2D eigenvalue weighted by atomic mass is 9.94. The number of ketones is 1. The normalized spacial score (nSPS) is 17.5. The predicted octanol–water partition coefficient (Wildman–Crippen LogP) is 3.92. The van der Waals surface area contributed by atoms with Crippen LogP contribution in [-0.4, -0.2) is 31.6 Å². The summed E-state index contributed by atoms with van der Waals surface area (Å²) < 4.78 is 0. The molecular formula is C24H19N3O5. The van der Waals surface area contributed by atoms with Gasteiger partial charge in [0.25, 0.3) is 17.4 Å². The molecule has 1 amide bonds. The van der Waals surface area contributed by atoms with Crippen molar-refractivity contribution < 1.29 is 19.6 Å². The van der Waals surface area contributed by atoms with Crippen LogP contribution in [0.3, 0.4) is 0 Å². The van der Waals surface area contributed by atoms with E-state index in [1.165, 1.54) is 23.1 Å². The Hall–Kier alpha value is -4.33. The molecule has 8 nitrogen and oxygen atoms in total. The van der Waals surface area contributed by atoms with Crippen LogP contribution >= 0.6 is 0 Å². The molecule has 160 valence electrons. The minimum absolute atomic E-state index is 0.000192. The van der Waals surface area contributed by atoms with Crippen LogP contribution in [0.5, 0.6) is 0 Å². The Kier molecular flexibility index (Phi) is 5.51. The summed E-state index contributed by atoms with van der Waals surface area (Å²) in [5, 5.41) is 22.8. The van der Waals surface area contributed by atoms with Crippen molar-refractivity contribution in [3.05, 3.63) is 111 Å². The molecule has 0 aliphatic carbocycles. The van der Waals surface area contributed by atoms with Gasteiger partial charge in [-0.3, -0.25) is 24.7 Å². The molecule has 1 aliphatic rings. The number of pyridine rings is 1. The van der Waals surface area contributed by atoms with Gasteiger partial charge in [-0.1, -0.05) is 48.0 Å². The first-order valence-corrected chi connectivity index (χ1v) is 9.86. The molecule has 1 fully saturated rings. The van der Waals surface area contributed by atoms with Gasteiger partial charge in [0.15, 0.2) is 0 Å². The van der Waals surface area contributed by atoms with Crippen LogP contribution in [0.2, 0.25) is 0 Å². The second-order valence-electron chi connectivity index (χ2n) is 7.47. The summed E-state index contributed by atoms with van der Waals surface area (Å²) in [7, 11) is 0. The van der Waals surface area contributed by atoms with Crippen molar-refractivity contribution in [2.75, 3.05) is 0 Å². The van der Waals surface area contributed by atoms with E-state index in [0.717, 1.165) is 5.56 Å². The number of hydrogen-bond donors (Lipinski definition) is 1. The van der Waals surface area contributed by atoms with E-state index in [1.807, 2.05) is 6.92 Å². The van der Waals surface area contributed by atoms with E-state index in [0.29, 0.717) is 11.1 Å². The zero-order valence-corrected chi connectivity index (χ0v) is 17.1. The zero-order valence-electron chi connectivity index (χ0n) is 17.1. The number of aromatic nitrogens is 1. The lowest BCUT2D eigenvalue weighted by Gasteiger charge is -2.25. The molecule has 1 atom stereocenters. The molecule has 1 saturated heterocycles. The third-order valence-electron chi connectivity index (χ3n) is 5.37. The second-order valence-corrected chi connectivity index (χ2v) is 7.47. The maximum atomic E-state index is 13.1. The van der Waals surface area contributed by atoms with Crippen LogP contribution < -0.4 is 0 Å². The average molecular weight is 429 g/mol. The van der Waals surface area contributed by atoms with Crippen LogP contribution in [0.4, 0.5) is 5.69 Å². The topological polar surface area (TPSA) is 114 Å². The maximum absolute atomic E-state index is 13.1. The molecule has 1 unspecified atom stereocenters. The number of Topliss-reactive ketones (excluding diaryl/α,β-unsaturated/α-hetero) is 1. The van der Waals surface area contributed by atoms with Gasteiger partial charge in [0, 0.05) is 30.6 Å². The molecule has 3 aromatic rings. The molecule has 2 heterocycles. The lowest BCUT2D eigenvalue weighted by Crippen LogP contribution is -2.29. The Labute approximate surface area is 183 Å². The van der Waals surface area contributed by atoms with Gasteiger partial charge in [0.1, 0.15) is 5.76 Å². The number of nitrogens with zero attached hydrogens (tertiary/aromatic N) is 3. The number of aliphatic hydroxyl groups excluding tert-OH is 1. The summed E-state index contributed by atoms with van der Waals surface area (Å²) in [4.78, 5) is 42.5. The average Bonchev–Trinajstić information content (AvgIpc) is 3.04. The fraction of sp³-hybridized carbons (Fsp3) is 0.125. The van der Waals surface area contributed by atoms with Gasteiger partial charge in [-0.2, -0.15) is 0 Å². The first-order chi connectivity index (χ1) is 15.4. The van der Waals surface area contributed by atoms with Gasteiger partial charge in [-0.25, -0.2) is 0 Å². The van der Waals surface area contributed by atoms with Crippen LogP contribution in [-0.2, 0) is 16.1 Å². The molecule has 1 aromatic heterocycles. The largest absolute Gasteiger partial charge is 0.507 e. The molecular weight excluding hydrogens is 410 g/mol. The molecule has 0 radical (unpaired) electrons. The fourth-order valence-electron chi connectivity index (χ4n) is 3.81. The minimum atomic E-state index is -1.13. The number of amides is 1. The van der Waals surface area contributed by atoms with Crippen LogP contribution in [0.15, 0.2) is 78.6 Å². The number of nitro benzene ring substituents is 1. The van der Waals surface area contributed by atoms with E-state index in [2.05, 4.69) is 4.98 Å². The first kappa shape index (κ1) is 20.9. The number of hydrogen-bond acceptors (Lipinski definition) is 6. The number of nitro groups is 1. The zero-order chi connectivity index (χ0) is 22.8. The Balaban J connectivity index is 1.93. The number of aliphatic hydroxyl groups is 1. The monoisotopic (exact) mass is 429 g/mol. The maximum Gasteiger partial charge on any atom is 0.295 e. The Bertz CT molecular complexity index is 1240. The summed E-state index contributed by atoms with van der Waals surface area (Å²) in [5.41, 5.74) is 1.66. The van der Waals surface area contributed by atoms with Gasteiger partial charge in [0.05, 0.1) is 22.1 Å². The van der Waals surface area contributed by atoms with E-state index in [9.17, 15) is 24.8 Å². The van der Waals surface area contributed by atoms with Crippen molar-refractivity contribution in [2.45, 2.75) is 19.5 Å². The predicted molar refractivity (Wildman–Crippen MR) is 116 cm³/mol. The number of carbonyl (C=O) groups excluding carboxylic acids is 2. The Morgan fingerprint density at radius 2 is 1.81 bits per heavy atom. The number of para-hydroxylation sites is 1. The molecule has 2 aromatic carbocycles. The van der Waals surface area contributed by atoms with Gasteiger partial charge < -0.3 is 10.0 Å². The summed E-state index contributed by atoms with van der Waals surface area (Å²) in [6, 6.07) is 15.0. The highest BCUT2D eigenvalue weighted by molar-refractivity contribution is 6.46. The van der Waals surface area contributed by atoms with Crippen molar-refractivity contribution >= 4 is 23.1 Å². The highest BCUT2D eigenvalue weighted by Gasteiger charge is 2.48. The molecule has 1 N–H and O–H groups in total. The van der Waals surface area contributed by atoms with E-state index in [1.54, 1.807) is 54.9 Å².